The average molecular weight is 689 g/mol. The van der Waals surface area contributed by atoms with Crippen molar-refractivity contribution in [3.8, 4) is 45.0 Å². The molecule has 4 heteroatoms. The van der Waals surface area contributed by atoms with E-state index in [-0.39, 0.29) is 0 Å². The van der Waals surface area contributed by atoms with Gasteiger partial charge in [-0.05, 0) is 60.2 Å². The third-order valence-electron chi connectivity index (χ3n) is 10.7. The fourth-order valence-corrected chi connectivity index (χ4v) is 8.44. The van der Waals surface area contributed by atoms with Crippen molar-refractivity contribution in [3.63, 3.8) is 0 Å². The van der Waals surface area contributed by atoms with Crippen LogP contribution in [0.2, 0.25) is 0 Å². The van der Waals surface area contributed by atoms with Gasteiger partial charge in [0, 0.05) is 61.2 Å². The van der Waals surface area contributed by atoms with Crippen LogP contribution in [-0.4, -0.2) is 19.1 Å². The van der Waals surface area contributed by atoms with Gasteiger partial charge in [0.1, 0.15) is 0 Å². The van der Waals surface area contributed by atoms with Crippen LogP contribution in [0.25, 0.3) is 99.5 Å². The van der Waals surface area contributed by atoms with E-state index in [4.69, 9.17) is 9.97 Å². The highest BCUT2D eigenvalue weighted by molar-refractivity contribution is 6.15. The Balaban J connectivity index is 1.27. The van der Waals surface area contributed by atoms with Crippen LogP contribution >= 0.6 is 0 Å². The van der Waals surface area contributed by atoms with Gasteiger partial charge in [-0.3, -0.25) is 4.98 Å². The van der Waals surface area contributed by atoms with Gasteiger partial charge in [0.15, 0.2) is 0 Å². The van der Waals surface area contributed by atoms with Gasteiger partial charge in [0.05, 0.1) is 39.0 Å². The van der Waals surface area contributed by atoms with Crippen LogP contribution in [0.15, 0.2) is 194 Å². The van der Waals surface area contributed by atoms with Gasteiger partial charge in [-0.15, -0.1) is 0 Å². The molecular weight excluding hydrogens is 657 g/mol. The van der Waals surface area contributed by atoms with Gasteiger partial charge < -0.3 is 9.13 Å². The largest absolute Gasteiger partial charge is 0.309 e. The highest BCUT2D eigenvalue weighted by Gasteiger charge is 2.21. The molecule has 0 aliphatic carbocycles. The van der Waals surface area contributed by atoms with Crippen LogP contribution in [0.4, 0.5) is 0 Å². The number of hydrogen-bond acceptors (Lipinski definition) is 2. The Bertz CT molecular complexity index is 3030. The molecule has 0 saturated carbocycles. The minimum absolute atomic E-state index is 0.903. The van der Waals surface area contributed by atoms with Gasteiger partial charge in [-0.2, -0.15) is 0 Å². The molecule has 0 atom stereocenters. The van der Waals surface area contributed by atoms with Crippen LogP contribution in [0.3, 0.4) is 0 Å². The first-order valence-corrected chi connectivity index (χ1v) is 18.3. The Hall–Kier alpha value is -7.30. The van der Waals surface area contributed by atoms with Crippen LogP contribution in [0.1, 0.15) is 0 Å². The van der Waals surface area contributed by atoms with Gasteiger partial charge in [-0.1, -0.05) is 133 Å². The number of pyridine rings is 2. The molecule has 54 heavy (non-hydrogen) atoms. The van der Waals surface area contributed by atoms with E-state index in [0.29, 0.717) is 0 Å². The molecule has 0 radical (unpaired) electrons. The molecule has 7 aromatic carbocycles. The summed E-state index contributed by atoms with van der Waals surface area (Å²) in [7, 11) is 0. The van der Waals surface area contributed by atoms with E-state index in [1.165, 1.54) is 21.5 Å². The first-order valence-electron chi connectivity index (χ1n) is 18.3. The Morgan fingerprint density at radius 2 is 0.833 bits per heavy atom. The highest BCUT2D eigenvalue weighted by Crippen LogP contribution is 2.42. The molecule has 0 bridgehead atoms. The predicted octanol–water partition coefficient (Wildman–Crippen LogP) is 12.8. The Kier molecular flexibility index (Phi) is 6.82. The molecule has 0 aliphatic rings. The number of aromatic nitrogens is 4. The summed E-state index contributed by atoms with van der Waals surface area (Å²) in [4.78, 5) is 10.5. The third kappa shape index (κ3) is 4.64. The first-order chi connectivity index (χ1) is 26.8. The maximum Gasteiger partial charge on any atom is 0.0780 e. The minimum Gasteiger partial charge on any atom is -0.309 e. The monoisotopic (exact) mass is 688 g/mol. The second kappa shape index (κ2) is 12.1. The molecule has 4 aromatic heterocycles. The summed E-state index contributed by atoms with van der Waals surface area (Å²) in [6.07, 6.45) is 1.88. The quantitative estimate of drug-likeness (QED) is 0.180. The van der Waals surface area contributed by atoms with Gasteiger partial charge in [-0.25, -0.2) is 4.98 Å². The zero-order valence-electron chi connectivity index (χ0n) is 29.3. The number of benzene rings is 7. The van der Waals surface area contributed by atoms with Crippen LogP contribution < -0.4 is 0 Å². The zero-order chi connectivity index (χ0) is 35.6. The molecule has 4 nitrogen and oxygen atoms in total. The van der Waals surface area contributed by atoms with E-state index >= 15 is 0 Å². The van der Waals surface area contributed by atoms with E-state index in [0.717, 1.165) is 78.0 Å². The molecule has 11 aromatic rings. The summed E-state index contributed by atoms with van der Waals surface area (Å²) in [6, 6.07) is 67.0. The minimum atomic E-state index is 0.903. The normalized spacial score (nSPS) is 11.7. The number of para-hydroxylation sites is 7. The van der Waals surface area contributed by atoms with Crippen molar-refractivity contribution in [1.29, 1.82) is 0 Å². The summed E-state index contributed by atoms with van der Waals surface area (Å²) in [5.74, 6) is 0. The molecule has 11 rings (SSSR count). The van der Waals surface area contributed by atoms with E-state index in [2.05, 4.69) is 191 Å². The average Bonchev–Trinajstić information content (AvgIpc) is 3.77. The molecule has 0 N–H and O–H groups in total. The fraction of sp³-hybridized carbons (Fsp3) is 0. The lowest BCUT2D eigenvalue weighted by molar-refractivity contribution is 1.17. The zero-order valence-corrected chi connectivity index (χ0v) is 29.3. The Labute approximate surface area is 311 Å². The van der Waals surface area contributed by atoms with E-state index < -0.39 is 0 Å². The lowest BCUT2D eigenvalue weighted by Gasteiger charge is -2.16. The Morgan fingerprint density at radius 3 is 1.41 bits per heavy atom. The number of nitrogens with zero attached hydrogens (tertiary/aromatic N) is 4. The van der Waals surface area contributed by atoms with Gasteiger partial charge in [0.2, 0.25) is 0 Å². The SMILES string of the molecule is c1ccc(-n2c3ccccc3c3cccc(-c4cc(-c5cccc6cccnc56)cc(-c5cccc6c7ccccc7n(-c7ccccc7)c56)n4)c32)cc1. The third-order valence-corrected chi connectivity index (χ3v) is 10.7. The molecule has 0 aliphatic heterocycles. The van der Waals surface area contributed by atoms with Crippen LogP contribution in [0, 0.1) is 0 Å². The molecule has 0 unspecified atom stereocenters. The summed E-state index contributed by atoms with van der Waals surface area (Å²) >= 11 is 0. The van der Waals surface area contributed by atoms with Crippen molar-refractivity contribution >= 4 is 54.5 Å². The Morgan fingerprint density at radius 1 is 0.370 bits per heavy atom. The molecule has 4 heterocycles. The maximum absolute atomic E-state index is 5.64. The van der Waals surface area contributed by atoms with E-state index in [1.807, 2.05) is 12.3 Å². The number of hydrogen-bond donors (Lipinski definition) is 0. The topological polar surface area (TPSA) is 35.6 Å². The van der Waals surface area contributed by atoms with Crippen molar-refractivity contribution in [3.05, 3.63) is 194 Å². The standard InChI is InChI=1S/C50H32N4/c1-3-17-35(18-4-1)53-46-28-9-7-21-38(46)40-24-12-26-42(49(40)53)44-31-34(37-23-11-15-33-16-14-30-51-48(33)37)32-45(52-44)43-27-13-25-41-39-22-8-10-29-47(39)54(50(41)43)36-19-5-2-6-20-36/h1-32H. The second-order valence-electron chi connectivity index (χ2n) is 13.8. The second-order valence-corrected chi connectivity index (χ2v) is 13.8. The summed E-state index contributed by atoms with van der Waals surface area (Å²) < 4.78 is 4.78. The van der Waals surface area contributed by atoms with E-state index in [9.17, 15) is 0 Å². The van der Waals surface area contributed by atoms with Crippen LogP contribution in [0.5, 0.6) is 0 Å². The molecule has 0 spiro atoms. The maximum atomic E-state index is 5.64. The van der Waals surface area contributed by atoms with Gasteiger partial charge >= 0.3 is 0 Å². The van der Waals surface area contributed by atoms with Crippen LogP contribution in [-0.2, 0) is 0 Å². The smallest absolute Gasteiger partial charge is 0.0780 e. The van der Waals surface area contributed by atoms with Crippen molar-refractivity contribution in [2.24, 2.45) is 0 Å². The summed E-state index contributed by atoms with van der Waals surface area (Å²) in [5.41, 5.74) is 13.9. The lowest BCUT2D eigenvalue weighted by atomic mass is 9.96. The van der Waals surface area contributed by atoms with E-state index in [1.54, 1.807) is 0 Å². The van der Waals surface area contributed by atoms with Gasteiger partial charge in [0.25, 0.3) is 0 Å². The molecular formula is C50H32N4. The van der Waals surface area contributed by atoms with Crippen molar-refractivity contribution in [2.75, 3.05) is 0 Å². The van der Waals surface area contributed by atoms with Crippen molar-refractivity contribution in [1.82, 2.24) is 19.1 Å². The van der Waals surface area contributed by atoms with Crippen molar-refractivity contribution < 1.29 is 0 Å². The first kappa shape index (κ1) is 30.3. The highest BCUT2D eigenvalue weighted by atomic mass is 15.0. The molecule has 0 saturated heterocycles. The number of fused-ring (bicyclic) bond motifs is 7. The lowest BCUT2D eigenvalue weighted by Crippen LogP contribution is -1.99. The summed E-state index contributed by atoms with van der Waals surface area (Å²) in [5, 5.41) is 5.92. The fourth-order valence-electron chi connectivity index (χ4n) is 8.44. The molecule has 252 valence electrons. The molecule has 0 fully saturated rings. The predicted molar refractivity (Wildman–Crippen MR) is 225 cm³/mol. The number of rotatable bonds is 5. The van der Waals surface area contributed by atoms with Crippen molar-refractivity contribution in [2.45, 2.75) is 0 Å². The summed E-state index contributed by atoms with van der Waals surface area (Å²) in [6.45, 7) is 0. The molecule has 0 amide bonds.